The van der Waals surface area contributed by atoms with E-state index in [0.29, 0.717) is 11.3 Å². The zero-order valence-corrected chi connectivity index (χ0v) is 15.9. The number of carbonyl (C=O) groups is 2. The van der Waals surface area contributed by atoms with E-state index < -0.39 is 28.5 Å². The summed E-state index contributed by atoms with van der Waals surface area (Å²) >= 11 is 0. The van der Waals surface area contributed by atoms with E-state index in [1.165, 1.54) is 44.4 Å². The molecule has 2 aromatic carbocycles. The van der Waals surface area contributed by atoms with Gasteiger partial charge in [-0.1, -0.05) is 12.1 Å². The second-order valence-electron chi connectivity index (χ2n) is 5.91. The minimum absolute atomic E-state index is 0.0268. The highest BCUT2D eigenvalue weighted by atomic mass is 32.2. The summed E-state index contributed by atoms with van der Waals surface area (Å²) in [5, 5.41) is 12.3. The molecule has 0 saturated heterocycles. The number of benzene rings is 2. The SMILES string of the molecule is Cc1cccc(C(=O)OCC(=O)Nc2ccc(S(=O)(=O)N(C)C)cc2)c1O. The Morgan fingerprint density at radius 2 is 1.74 bits per heavy atom. The molecule has 0 saturated carbocycles. The van der Waals surface area contributed by atoms with Gasteiger partial charge in [-0.15, -0.1) is 0 Å². The Kier molecular flexibility index (Phi) is 6.19. The van der Waals surface area contributed by atoms with E-state index >= 15 is 0 Å². The molecule has 0 aromatic heterocycles. The number of hydrogen-bond acceptors (Lipinski definition) is 6. The average molecular weight is 392 g/mol. The number of carbonyl (C=O) groups excluding carboxylic acids is 2. The number of nitrogens with one attached hydrogen (secondary N) is 1. The zero-order valence-electron chi connectivity index (χ0n) is 15.1. The third-order valence-electron chi connectivity index (χ3n) is 3.71. The molecule has 2 N–H and O–H groups in total. The number of phenolic OH excluding ortho intramolecular Hbond substituents is 1. The predicted octanol–water partition coefficient (Wildman–Crippen LogP) is 1.75. The van der Waals surface area contributed by atoms with Crippen LogP contribution in [0.2, 0.25) is 0 Å². The van der Waals surface area contributed by atoms with E-state index in [9.17, 15) is 23.1 Å². The number of hydrogen-bond donors (Lipinski definition) is 2. The molecule has 0 bridgehead atoms. The van der Waals surface area contributed by atoms with Crippen molar-refractivity contribution in [2.24, 2.45) is 0 Å². The molecule has 0 atom stereocenters. The number of nitrogens with zero attached hydrogens (tertiary/aromatic N) is 1. The molecule has 2 rings (SSSR count). The average Bonchev–Trinajstić information content (AvgIpc) is 2.62. The maximum Gasteiger partial charge on any atom is 0.342 e. The van der Waals surface area contributed by atoms with Crippen molar-refractivity contribution in [3.8, 4) is 5.75 Å². The largest absolute Gasteiger partial charge is 0.507 e. The lowest BCUT2D eigenvalue weighted by Gasteiger charge is -2.12. The van der Waals surface area contributed by atoms with Crippen LogP contribution in [-0.4, -0.2) is 50.4 Å². The van der Waals surface area contributed by atoms with Crippen molar-refractivity contribution in [1.82, 2.24) is 4.31 Å². The van der Waals surface area contributed by atoms with Crippen LogP contribution >= 0.6 is 0 Å². The minimum Gasteiger partial charge on any atom is -0.507 e. The molecule has 0 fully saturated rings. The monoisotopic (exact) mass is 392 g/mol. The molecule has 2 aromatic rings. The van der Waals surface area contributed by atoms with E-state index in [4.69, 9.17) is 4.74 Å². The van der Waals surface area contributed by atoms with Gasteiger partial charge in [-0.25, -0.2) is 17.5 Å². The molecule has 0 spiro atoms. The van der Waals surface area contributed by atoms with Gasteiger partial charge in [0.15, 0.2) is 6.61 Å². The van der Waals surface area contributed by atoms with Crippen molar-refractivity contribution in [3.63, 3.8) is 0 Å². The molecule has 0 unspecified atom stereocenters. The molecule has 0 aliphatic carbocycles. The number of amides is 1. The van der Waals surface area contributed by atoms with Crippen LogP contribution in [-0.2, 0) is 19.6 Å². The Morgan fingerprint density at radius 1 is 1.11 bits per heavy atom. The predicted molar refractivity (Wildman–Crippen MR) is 99.1 cm³/mol. The smallest absolute Gasteiger partial charge is 0.342 e. The summed E-state index contributed by atoms with van der Waals surface area (Å²) in [6.45, 7) is 1.09. The van der Waals surface area contributed by atoms with Crippen LogP contribution in [0.5, 0.6) is 5.75 Å². The van der Waals surface area contributed by atoms with E-state index in [1.54, 1.807) is 19.1 Å². The number of aromatic hydroxyl groups is 1. The second-order valence-corrected chi connectivity index (χ2v) is 8.06. The molecular formula is C18H20N2O6S. The van der Waals surface area contributed by atoms with E-state index in [-0.39, 0.29) is 16.2 Å². The van der Waals surface area contributed by atoms with Crippen LogP contribution in [0.4, 0.5) is 5.69 Å². The first-order valence-electron chi connectivity index (χ1n) is 7.91. The van der Waals surface area contributed by atoms with Crippen LogP contribution in [0, 0.1) is 6.92 Å². The molecule has 144 valence electrons. The van der Waals surface area contributed by atoms with Crippen molar-refractivity contribution >= 4 is 27.6 Å². The summed E-state index contributed by atoms with van der Waals surface area (Å²) in [5.74, 6) is -1.61. The fraction of sp³-hybridized carbons (Fsp3) is 0.222. The van der Waals surface area contributed by atoms with Crippen molar-refractivity contribution in [1.29, 1.82) is 0 Å². The number of aryl methyl sites for hydroxylation is 1. The summed E-state index contributed by atoms with van der Waals surface area (Å²) in [4.78, 5) is 24.0. The van der Waals surface area contributed by atoms with Gasteiger partial charge in [0.2, 0.25) is 10.0 Å². The third-order valence-corrected chi connectivity index (χ3v) is 5.54. The second kappa shape index (κ2) is 8.19. The summed E-state index contributed by atoms with van der Waals surface area (Å²) < 4.78 is 30.0. The van der Waals surface area contributed by atoms with Gasteiger partial charge in [-0.3, -0.25) is 4.79 Å². The fourth-order valence-corrected chi connectivity index (χ4v) is 3.05. The number of phenols is 1. The molecule has 9 heteroatoms. The first-order valence-corrected chi connectivity index (χ1v) is 9.35. The third kappa shape index (κ3) is 4.83. The Labute approximate surface area is 157 Å². The van der Waals surface area contributed by atoms with Gasteiger partial charge < -0.3 is 15.2 Å². The molecule has 0 aliphatic heterocycles. The molecule has 27 heavy (non-hydrogen) atoms. The van der Waals surface area contributed by atoms with E-state index in [2.05, 4.69) is 5.32 Å². The van der Waals surface area contributed by atoms with Gasteiger partial charge in [0.25, 0.3) is 5.91 Å². The lowest BCUT2D eigenvalue weighted by atomic mass is 10.1. The lowest BCUT2D eigenvalue weighted by molar-refractivity contribution is -0.119. The normalized spacial score (nSPS) is 11.3. The number of ether oxygens (including phenoxy) is 1. The van der Waals surface area contributed by atoms with Gasteiger partial charge in [0, 0.05) is 19.8 Å². The fourth-order valence-electron chi connectivity index (χ4n) is 2.15. The molecule has 8 nitrogen and oxygen atoms in total. The highest BCUT2D eigenvalue weighted by Crippen LogP contribution is 2.22. The highest BCUT2D eigenvalue weighted by Gasteiger charge is 2.18. The van der Waals surface area contributed by atoms with Gasteiger partial charge >= 0.3 is 5.97 Å². The van der Waals surface area contributed by atoms with Gasteiger partial charge in [0.05, 0.1) is 4.90 Å². The van der Waals surface area contributed by atoms with Crippen LogP contribution in [0.15, 0.2) is 47.4 Å². The summed E-state index contributed by atoms with van der Waals surface area (Å²) in [6, 6.07) is 10.2. The van der Waals surface area contributed by atoms with Crippen LogP contribution in [0.1, 0.15) is 15.9 Å². The van der Waals surface area contributed by atoms with E-state index in [1.807, 2.05) is 0 Å². The maximum absolute atomic E-state index is 12.0. The molecular weight excluding hydrogens is 372 g/mol. The van der Waals surface area contributed by atoms with Crippen LogP contribution < -0.4 is 5.32 Å². The Hall–Kier alpha value is -2.91. The first-order chi connectivity index (χ1) is 12.6. The lowest BCUT2D eigenvalue weighted by Crippen LogP contribution is -2.22. The molecule has 0 aliphatic rings. The number of anilines is 1. The number of esters is 1. The van der Waals surface area contributed by atoms with E-state index in [0.717, 1.165) is 4.31 Å². The Morgan fingerprint density at radius 3 is 2.33 bits per heavy atom. The van der Waals surface area contributed by atoms with Crippen LogP contribution in [0.3, 0.4) is 0 Å². The van der Waals surface area contributed by atoms with Crippen molar-refractivity contribution in [2.75, 3.05) is 26.0 Å². The standard InChI is InChI=1S/C18H20N2O6S/c1-12-5-4-6-15(17(12)22)18(23)26-11-16(21)19-13-7-9-14(10-8-13)27(24,25)20(2)3/h4-10,22H,11H2,1-3H3,(H,19,21). The maximum atomic E-state index is 12.0. The van der Waals surface area contributed by atoms with Gasteiger partial charge in [-0.2, -0.15) is 0 Å². The number of rotatable bonds is 6. The molecule has 1 amide bonds. The molecule has 0 radical (unpaired) electrons. The topological polar surface area (TPSA) is 113 Å². The zero-order chi connectivity index (χ0) is 20.2. The Balaban J connectivity index is 1.96. The van der Waals surface area contributed by atoms with Crippen LogP contribution in [0.25, 0.3) is 0 Å². The highest BCUT2D eigenvalue weighted by molar-refractivity contribution is 7.89. The summed E-state index contributed by atoms with van der Waals surface area (Å²) in [6.07, 6.45) is 0. The Bertz CT molecular complexity index is 952. The number of sulfonamides is 1. The first kappa shape index (κ1) is 20.4. The van der Waals surface area contributed by atoms with Gasteiger partial charge in [-0.05, 0) is 42.8 Å². The quantitative estimate of drug-likeness (QED) is 0.724. The number of para-hydroxylation sites is 1. The summed E-state index contributed by atoms with van der Waals surface area (Å²) in [7, 11) is -0.710. The van der Waals surface area contributed by atoms with Gasteiger partial charge in [0.1, 0.15) is 11.3 Å². The van der Waals surface area contributed by atoms with Crippen molar-refractivity contribution in [2.45, 2.75) is 11.8 Å². The summed E-state index contributed by atoms with van der Waals surface area (Å²) in [5.41, 5.74) is 0.842. The van der Waals surface area contributed by atoms with Crippen molar-refractivity contribution < 1.29 is 27.9 Å². The molecule has 0 heterocycles. The minimum atomic E-state index is -3.55. The van der Waals surface area contributed by atoms with Crippen molar-refractivity contribution in [3.05, 3.63) is 53.6 Å².